The van der Waals surface area contributed by atoms with E-state index in [2.05, 4.69) is 57.3 Å². The van der Waals surface area contributed by atoms with Gasteiger partial charge in [0.05, 0.1) is 0 Å². The summed E-state index contributed by atoms with van der Waals surface area (Å²) in [6.07, 6.45) is 1.89. The van der Waals surface area contributed by atoms with Crippen molar-refractivity contribution in [3.05, 3.63) is 69.8 Å². The molecule has 0 aliphatic carbocycles. The molecule has 0 heterocycles. The van der Waals surface area contributed by atoms with Gasteiger partial charge in [0, 0.05) is 11.0 Å². The lowest BCUT2D eigenvalue weighted by Gasteiger charge is -2.34. The SMILES string of the molecule is CCC(CC)(c1ccc(C)c(C)c1)c1ccc(C(=O)NC(C)(C)C(=O)O)c(C)c1. The maximum Gasteiger partial charge on any atom is 0.328 e. The fourth-order valence-electron chi connectivity index (χ4n) is 3.89. The van der Waals surface area contributed by atoms with Gasteiger partial charge in [-0.2, -0.15) is 0 Å². The fraction of sp³-hybridized carbons (Fsp3) is 0.440. The van der Waals surface area contributed by atoms with Crippen LogP contribution in [-0.2, 0) is 10.2 Å². The number of carbonyl (C=O) groups is 2. The van der Waals surface area contributed by atoms with Crippen molar-refractivity contribution in [2.24, 2.45) is 0 Å². The van der Waals surface area contributed by atoms with Crippen LogP contribution in [0.25, 0.3) is 0 Å². The van der Waals surface area contributed by atoms with Gasteiger partial charge in [0.15, 0.2) is 0 Å². The van der Waals surface area contributed by atoms with E-state index in [0.717, 1.165) is 18.4 Å². The van der Waals surface area contributed by atoms with Crippen LogP contribution in [0.4, 0.5) is 0 Å². The highest BCUT2D eigenvalue weighted by molar-refractivity contribution is 5.98. The van der Waals surface area contributed by atoms with E-state index in [1.54, 1.807) is 0 Å². The Kier molecular flexibility index (Phi) is 6.56. The first-order valence-corrected chi connectivity index (χ1v) is 10.2. The molecule has 2 rings (SSSR count). The normalized spacial score (nSPS) is 12.0. The van der Waals surface area contributed by atoms with E-state index in [1.165, 1.54) is 36.1 Å². The lowest BCUT2D eigenvalue weighted by molar-refractivity contribution is -0.143. The van der Waals surface area contributed by atoms with Crippen LogP contribution in [0.3, 0.4) is 0 Å². The quantitative estimate of drug-likeness (QED) is 0.667. The molecular weight excluding hydrogens is 362 g/mol. The summed E-state index contributed by atoms with van der Waals surface area (Å²) in [7, 11) is 0. The minimum Gasteiger partial charge on any atom is -0.480 e. The van der Waals surface area contributed by atoms with Gasteiger partial charge < -0.3 is 10.4 Å². The maximum absolute atomic E-state index is 12.7. The summed E-state index contributed by atoms with van der Waals surface area (Å²) >= 11 is 0. The molecule has 0 saturated heterocycles. The number of amides is 1. The van der Waals surface area contributed by atoms with E-state index in [4.69, 9.17) is 0 Å². The standard InChI is InChI=1S/C25H33NO3/c1-8-25(9-2,19-11-10-16(3)17(4)14-19)20-12-13-21(18(5)15-20)22(27)26-24(6,7)23(28)29/h10-15H,8-9H2,1-7H3,(H,26,27)(H,28,29). The Bertz CT molecular complexity index is 924. The Morgan fingerprint density at radius 2 is 1.38 bits per heavy atom. The second-order valence-electron chi connectivity index (χ2n) is 8.50. The first kappa shape index (κ1) is 22.7. The smallest absolute Gasteiger partial charge is 0.328 e. The molecule has 0 unspecified atom stereocenters. The molecule has 29 heavy (non-hydrogen) atoms. The number of rotatable bonds is 7. The van der Waals surface area contributed by atoms with Crippen LogP contribution >= 0.6 is 0 Å². The third-order valence-electron chi connectivity index (χ3n) is 6.25. The number of aryl methyl sites for hydroxylation is 3. The zero-order valence-corrected chi connectivity index (χ0v) is 18.6. The highest BCUT2D eigenvalue weighted by atomic mass is 16.4. The van der Waals surface area contributed by atoms with Gasteiger partial charge in [-0.3, -0.25) is 4.79 Å². The van der Waals surface area contributed by atoms with E-state index in [0.29, 0.717) is 5.56 Å². The highest BCUT2D eigenvalue weighted by Gasteiger charge is 2.33. The second kappa shape index (κ2) is 8.40. The van der Waals surface area contributed by atoms with Crippen LogP contribution in [0, 0.1) is 20.8 Å². The van der Waals surface area contributed by atoms with Gasteiger partial charge in [-0.15, -0.1) is 0 Å². The van der Waals surface area contributed by atoms with Crippen molar-refractivity contribution < 1.29 is 14.7 Å². The summed E-state index contributed by atoms with van der Waals surface area (Å²) in [5.74, 6) is -1.43. The van der Waals surface area contributed by atoms with Gasteiger partial charge in [-0.05, 0) is 81.3 Å². The zero-order valence-electron chi connectivity index (χ0n) is 18.6. The van der Waals surface area contributed by atoms with Crippen LogP contribution in [0.1, 0.15) is 78.7 Å². The fourth-order valence-corrected chi connectivity index (χ4v) is 3.89. The van der Waals surface area contributed by atoms with Crippen molar-refractivity contribution in [3.63, 3.8) is 0 Å². The van der Waals surface area contributed by atoms with E-state index in [9.17, 15) is 14.7 Å². The molecule has 2 aromatic carbocycles. The van der Waals surface area contributed by atoms with Crippen molar-refractivity contribution in [1.82, 2.24) is 5.32 Å². The van der Waals surface area contributed by atoms with Crippen LogP contribution in [-0.4, -0.2) is 22.5 Å². The summed E-state index contributed by atoms with van der Waals surface area (Å²) in [5.41, 5.74) is 4.92. The number of benzene rings is 2. The number of hydrogen-bond acceptors (Lipinski definition) is 2. The number of hydrogen-bond donors (Lipinski definition) is 2. The van der Waals surface area contributed by atoms with Crippen molar-refractivity contribution in [1.29, 1.82) is 0 Å². The summed E-state index contributed by atoms with van der Waals surface area (Å²) in [6, 6.07) is 12.6. The van der Waals surface area contributed by atoms with Gasteiger partial charge in [0.1, 0.15) is 5.54 Å². The predicted molar refractivity (Wildman–Crippen MR) is 118 cm³/mol. The molecule has 0 aliphatic heterocycles. The van der Waals surface area contributed by atoms with Gasteiger partial charge in [-0.25, -0.2) is 4.79 Å². The molecule has 4 heteroatoms. The molecule has 1 amide bonds. The molecule has 0 fully saturated rings. The largest absolute Gasteiger partial charge is 0.480 e. The molecule has 2 N–H and O–H groups in total. The molecule has 0 bridgehead atoms. The molecule has 0 aliphatic rings. The number of carboxylic acids is 1. The predicted octanol–water partition coefficient (Wildman–Crippen LogP) is 5.31. The van der Waals surface area contributed by atoms with E-state index in [-0.39, 0.29) is 11.3 Å². The van der Waals surface area contributed by atoms with E-state index >= 15 is 0 Å². The summed E-state index contributed by atoms with van der Waals surface area (Å²) in [5, 5.41) is 11.9. The molecular formula is C25H33NO3. The van der Waals surface area contributed by atoms with Crippen molar-refractivity contribution in [3.8, 4) is 0 Å². The average molecular weight is 396 g/mol. The third kappa shape index (κ3) is 4.36. The van der Waals surface area contributed by atoms with E-state index in [1.807, 2.05) is 19.1 Å². The lowest BCUT2D eigenvalue weighted by atomic mass is 9.69. The monoisotopic (exact) mass is 395 g/mol. The molecule has 0 aromatic heterocycles. The van der Waals surface area contributed by atoms with Crippen molar-refractivity contribution in [2.75, 3.05) is 0 Å². The van der Waals surface area contributed by atoms with Gasteiger partial charge in [0.2, 0.25) is 0 Å². The van der Waals surface area contributed by atoms with Crippen LogP contribution in [0.15, 0.2) is 36.4 Å². The molecule has 0 atom stereocenters. The number of nitrogens with one attached hydrogen (secondary N) is 1. The Hall–Kier alpha value is -2.62. The van der Waals surface area contributed by atoms with Gasteiger partial charge in [-0.1, -0.05) is 44.2 Å². The molecule has 4 nitrogen and oxygen atoms in total. The second-order valence-corrected chi connectivity index (χ2v) is 8.50. The first-order chi connectivity index (χ1) is 13.5. The molecule has 0 saturated carbocycles. The zero-order chi connectivity index (χ0) is 22.0. The highest BCUT2D eigenvalue weighted by Crippen LogP contribution is 2.40. The molecule has 0 spiro atoms. The van der Waals surface area contributed by atoms with Crippen molar-refractivity contribution in [2.45, 2.75) is 72.3 Å². The average Bonchev–Trinajstić information content (AvgIpc) is 2.65. The summed E-state index contributed by atoms with van der Waals surface area (Å²) in [4.78, 5) is 24.0. The number of carboxylic acid groups (broad SMARTS) is 1. The minimum absolute atomic E-state index is 0.126. The molecule has 0 radical (unpaired) electrons. The third-order valence-corrected chi connectivity index (χ3v) is 6.25. The lowest BCUT2D eigenvalue weighted by Crippen LogP contribution is -2.49. The molecule has 156 valence electrons. The van der Waals surface area contributed by atoms with Crippen LogP contribution in [0.5, 0.6) is 0 Å². The van der Waals surface area contributed by atoms with Gasteiger partial charge >= 0.3 is 5.97 Å². The Balaban J connectivity index is 2.48. The maximum atomic E-state index is 12.7. The first-order valence-electron chi connectivity index (χ1n) is 10.2. The van der Waals surface area contributed by atoms with Crippen LogP contribution in [0.2, 0.25) is 0 Å². The Morgan fingerprint density at radius 3 is 1.83 bits per heavy atom. The van der Waals surface area contributed by atoms with E-state index < -0.39 is 11.5 Å². The molecule has 2 aromatic rings. The van der Waals surface area contributed by atoms with Crippen molar-refractivity contribution >= 4 is 11.9 Å². The summed E-state index contributed by atoms with van der Waals surface area (Å²) < 4.78 is 0. The Morgan fingerprint density at radius 1 is 0.862 bits per heavy atom. The minimum atomic E-state index is -1.32. The summed E-state index contributed by atoms with van der Waals surface area (Å²) in [6.45, 7) is 13.5. The van der Waals surface area contributed by atoms with Gasteiger partial charge in [0.25, 0.3) is 5.91 Å². The number of aliphatic carboxylic acids is 1. The topological polar surface area (TPSA) is 66.4 Å². The Labute approximate surface area is 174 Å². The number of carbonyl (C=O) groups excluding carboxylic acids is 1. The van der Waals surface area contributed by atoms with Crippen LogP contribution < -0.4 is 5.32 Å².